The maximum absolute atomic E-state index is 12.3. The molecule has 2 aliphatic carbocycles. The molecule has 0 spiro atoms. The summed E-state index contributed by atoms with van der Waals surface area (Å²) in [5.41, 5.74) is 0. The molecule has 21 heavy (non-hydrogen) atoms. The van der Waals surface area contributed by atoms with Crippen LogP contribution in [0.1, 0.15) is 25.7 Å². The first kappa shape index (κ1) is 14.5. The number of rotatable bonds is 4. The quantitative estimate of drug-likeness (QED) is 0.610. The van der Waals surface area contributed by atoms with E-state index in [1.54, 1.807) is 0 Å². The van der Waals surface area contributed by atoms with Crippen LogP contribution in [0, 0.1) is 17.8 Å². The summed E-state index contributed by atoms with van der Waals surface area (Å²) in [4.78, 5) is 23.6. The van der Waals surface area contributed by atoms with E-state index in [1.165, 1.54) is 0 Å². The van der Waals surface area contributed by atoms with Gasteiger partial charge in [0, 0.05) is 18.4 Å². The standard InChI is InChI=1S/C15H20O6/c1-2-11(16)20-14-9-6-8(13(14)17)7-10(9)15(18)21-12-4-3-5-19-12/h2,8-10,12-14,17H,1,3-7H2. The maximum Gasteiger partial charge on any atom is 0.330 e. The summed E-state index contributed by atoms with van der Waals surface area (Å²) in [6.07, 6.45) is 2.16. The second-order valence-corrected chi connectivity index (χ2v) is 5.98. The normalized spacial score (nSPS) is 41.0. The minimum Gasteiger partial charge on any atom is -0.456 e. The van der Waals surface area contributed by atoms with Gasteiger partial charge in [0.1, 0.15) is 6.10 Å². The second-order valence-electron chi connectivity index (χ2n) is 5.98. The molecule has 1 heterocycles. The van der Waals surface area contributed by atoms with Crippen LogP contribution in [0.5, 0.6) is 0 Å². The molecule has 6 heteroatoms. The third-order valence-corrected chi connectivity index (χ3v) is 4.75. The predicted octanol–water partition coefficient (Wildman–Crippen LogP) is 0.781. The fraction of sp³-hybridized carbons (Fsp3) is 0.733. The van der Waals surface area contributed by atoms with Gasteiger partial charge in [-0.05, 0) is 25.2 Å². The molecule has 2 bridgehead atoms. The van der Waals surface area contributed by atoms with Crippen LogP contribution in [-0.2, 0) is 23.8 Å². The molecule has 3 rings (SSSR count). The molecule has 1 N–H and O–H groups in total. The Labute approximate surface area is 123 Å². The number of ether oxygens (including phenoxy) is 3. The number of carbonyl (C=O) groups excluding carboxylic acids is 2. The summed E-state index contributed by atoms with van der Waals surface area (Å²) >= 11 is 0. The highest BCUT2D eigenvalue weighted by Gasteiger charge is 2.56. The molecule has 3 fully saturated rings. The molecule has 0 aromatic heterocycles. The van der Waals surface area contributed by atoms with Crippen molar-refractivity contribution in [2.45, 2.75) is 44.2 Å². The van der Waals surface area contributed by atoms with Gasteiger partial charge in [0.05, 0.1) is 18.6 Å². The number of hydrogen-bond acceptors (Lipinski definition) is 6. The van der Waals surface area contributed by atoms with Crippen LogP contribution < -0.4 is 0 Å². The molecule has 0 aromatic carbocycles. The van der Waals surface area contributed by atoms with Gasteiger partial charge in [-0.15, -0.1) is 0 Å². The number of carbonyl (C=O) groups is 2. The van der Waals surface area contributed by atoms with Gasteiger partial charge < -0.3 is 19.3 Å². The molecule has 6 unspecified atom stereocenters. The lowest BCUT2D eigenvalue weighted by atomic mass is 9.85. The number of aliphatic hydroxyl groups excluding tert-OH is 1. The fourth-order valence-electron chi connectivity index (χ4n) is 3.74. The van der Waals surface area contributed by atoms with Gasteiger partial charge in [0.25, 0.3) is 0 Å². The van der Waals surface area contributed by atoms with Crippen LogP contribution in [0.4, 0.5) is 0 Å². The zero-order valence-corrected chi connectivity index (χ0v) is 11.8. The van der Waals surface area contributed by atoms with Gasteiger partial charge in [0.2, 0.25) is 6.29 Å². The number of hydrogen-bond donors (Lipinski definition) is 1. The van der Waals surface area contributed by atoms with Crippen molar-refractivity contribution < 1.29 is 28.9 Å². The number of esters is 2. The minimum atomic E-state index is -0.703. The van der Waals surface area contributed by atoms with Crippen molar-refractivity contribution in [1.82, 2.24) is 0 Å². The van der Waals surface area contributed by atoms with Crippen LogP contribution in [0.15, 0.2) is 12.7 Å². The molecular formula is C15H20O6. The van der Waals surface area contributed by atoms with E-state index in [9.17, 15) is 14.7 Å². The topological polar surface area (TPSA) is 82.1 Å². The largest absolute Gasteiger partial charge is 0.456 e. The molecule has 0 amide bonds. The number of fused-ring (bicyclic) bond motifs is 2. The zero-order chi connectivity index (χ0) is 15.0. The van der Waals surface area contributed by atoms with Crippen molar-refractivity contribution in [3.05, 3.63) is 12.7 Å². The molecule has 0 radical (unpaired) electrons. The molecule has 2 saturated carbocycles. The van der Waals surface area contributed by atoms with E-state index < -0.39 is 24.5 Å². The van der Waals surface area contributed by atoms with E-state index in [0.717, 1.165) is 18.9 Å². The van der Waals surface area contributed by atoms with Crippen LogP contribution in [-0.4, -0.2) is 42.1 Å². The van der Waals surface area contributed by atoms with E-state index in [4.69, 9.17) is 14.2 Å². The Morgan fingerprint density at radius 1 is 1.29 bits per heavy atom. The van der Waals surface area contributed by atoms with Gasteiger partial charge >= 0.3 is 11.9 Å². The van der Waals surface area contributed by atoms with E-state index in [-0.39, 0.29) is 23.7 Å². The SMILES string of the molecule is C=CC(=O)OC1C(O)C2CC(C(=O)OC3CCCO3)C1C2. The summed E-state index contributed by atoms with van der Waals surface area (Å²) in [6.45, 7) is 3.97. The zero-order valence-electron chi connectivity index (χ0n) is 11.8. The van der Waals surface area contributed by atoms with Crippen molar-refractivity contribution in [1.29, 1.82) is 0 Å². The van der Waals surface area contributed by atoms with E-state index in [2.05, 4.69) is 6.58 Å². The van der Waals surface area contributed by atoms with Crippen molar-refractivity contribution in [2.24, 2.45) is 17.8 Å². The van der Waals surface area contributed by atoms with Gasteiger partial charge in [-0.1, -0.05) is 6.58 Å². The molecule has 1 aliphatic heterocycles. The molecule has 3 aliphatic rings. The van der Waals surface area contributed by atoms with Crippen molar-refractivity contribution in [3.8, 4) is 0 Å². The third kappa shape index (κ3) is 2.70. The summed E-state index contributed by atoms with van der Waals surface area (Å²) < 4.78 is 15.9. The Hall–Kier alpha value is -1.40. The van der Waals surface area contributed by atoms with Crippen LogP contribution in [0.25, 0.3) is 0 Å². The van der Waals surface area contributed by atoms with Gasteiger partial charge in [0.15, 0.2) is 0 Å². The lowest BCUT2D eigenvalue weighted by molar-refractivity contribution is -0.182. The summed E-state index contributed by atoms with van der Waals surface area (Å²) in [5.74, 6) is -1.40. The van der Waals surface area contributed by atoms with Crippen molar-refractivity contribution in [2.75, 3.05) is 6.61 Å². The summed E-state index contributed by atoms with van der Waals surface area (Å²) in [7, 11) is 0. The Morgan fingerprint density at radius 3 is 2.71 bits per heavy atom. The Balaban J connectivity index is 1.63. The minimum absolute atomic E-state index is 0.0142. The van der Waals surface area contributed by atoms with Crippen LogP contribution >= 0.6 is 0 Å². The summed E-state index contributed by atoms with van der Waals surface area (Å²) in [5, 5.41) is 10.1. The molecule has 116 valence electrons. The first-order valence-electron chi connectivity index (χ1n) is 7.43. The molecule has 1 saturated heterocycles. The smallest absolute Gasteiger partial charge is 0.330 e. The fourth-order valence-corrected chi connectivity index (χ4v) is 3.74. The first-order chi connectivity index (χ1) is 10.1. The van der Waals surface area contributed by atoms with E-state index >= 15 is 0 Å². The van der Waals surface area contributed by atoms with Crippen LogP contribution in [0.3, 0.4) is 0 Å². The molecule has 0 aromatic rings. The lowest BCUT2D eigenvalue weighted by Gasteiger charge is -2.31. The van der Waals surface area contributed by atoms with Crippen molar-refractivity contribution >= 4 is 11.9 Å². The Kier molecular flexibility index (Phi) is 3.99. The average molecular weight is 296 g/mol. The van der Waals surface area contributed by atoms with Crippen LogP contribution in [0.2, 0.25) is 0 Å². The highest BCUT2D eigenvalue weighted by Crippen LogP contribution is 2.50. The highest BCUT2D eigenvalue weighted by molar-refractivity contribution is 5.81. The maximum atomic E-state index is 12.3. The van der Waals surface area contributed by atoms with Gasteiger partial charge in [-0.3, -0.25) is 4.79 Å². The Bertz CT molecular complexity index is 441. The van der Waals surface area contributed by atoms with E-state index in [1.807, 2.05) is 0 Å². The third-order valence-electron chi connectivity index (χ3n) is 4.75. The average Bonchev–Trinajstić information content (AvgIpc) is 3.17. The predicted molar refractivity (Wildman–Crippen MR) is 70.9 cm³/mol. The second kappa shape index (κ2) is 5.77. The van der Waals surface area contributed by atoms with E-state index in [0.29, 0.717) is 19.4 Å². The monoisotopic (exact) mass is 296 g/mol. The Morgan fingerprint density at radius 2 is 2.10 bits per heavy atom. The summed E-state index contributed by atoms with van der Waals surface area (Å²) in [6, 6.07) is 0. The lowest BCUT2D eigenvalue weighted by Crippen LogP contribution is -2.43. The van der Waals surface area contributed by atoms with Crippen molar-refractivity contribution in [3.63, 3.8) is 0 Å². The van der Waals surface area contributed by atoms with Gasteiger partial charge in [-0.25, -0.2) is 4.79 Å². The first-order valence-corrected chi connectivity index (χ1v) is 7.43. The molecule has 6 atom stereocenters. The van der Waals surface area contributed by atoms with Gasteiger partial charge in [-0.2, -0.15) is 0 Å². The molecular weight excluding hydrogens is 276 g/mol. The number of aliphatic hydroxyl groups is 1. The molecule has 6 nitrogen and oxygen atoms in total. The highest BCUT2D eigenvalue weighted by atomic mass is 16.7.